The van der Waals surface area contributed by atoms with Crippen LogP contribution < -0.4 is 27.0 Å². The molecule has 2 atom stereocenters. The van der Waals surface area contributed by atoms with Crippen molar-refractivity contribution in [1.82, 2.24) is 21.3 Å². The molecular weight excluding hydrogens is 995 g/mol. The van der Waals surface area contributed by atoms with Gasteiger partial charge in [0.05, 0.1) is 118 Å². The van der Waals surface area contributed by atoms with Gasteiger partial charge in [0.25, 0.3) is 0 Å². The van der Waals surface area contributed by atoms with Crippen LogP contribution in [0, 0.1) is 5.92 Å². The van der Waals surface area contributed by atoms with E-state index in [4.69, 9.17) is 53.5 Å². The number of hydrogen-bond acceptors (Lipinski definition) is 17. The van der Waals surface area contributed by atoms with Crippen molar-refractivity contribution in [2.75, 3.05) is 146 Å². The fourth-order valence-corrected chi connectivity index (χ4v) is 7.43. The Morgan fingerprint density at radius 2 is 0.750 bits per heavy atom. The number of ketones is 1. The van der Waals surface area contributed by atoms with Gasteiger partial charge in [0.2, 0.25) is 23.6 Å². The summed E-state index contributed by atoms with van der Waals surface area (Å²) in [5.41, 5.74) is 5.28. The van der Waals surface area contributed by atoms with Crippen molar-refractivity contribution in [1.29, 1.82) is 0 Å². The van der Waals surface area contributed by atoms with Gasteiger partial charge in [-0.25, -0.2) is 0 Å². The summed E-state index contributed by atoms with van der Waals surface area (Å²) in [4.78, 5) is 82.0. The molecule has 0 aromatic carbocycles. The number of nitrogens with two attached hydrogens (primary N) is 1. The van der Waals surface area contributed by atoms with Crippen molar-refractivity contribution in [3.63, 3.8) is 0 Å². The van der Waals surface area contributed by atoms with Crippen LogP contribution in [0.15, 0.2) is 0 Å². The second-order valence-electron chi connectivity index (χ2n) is 18.3. The number of amides is 4. The van der Waals surface area contributed by atoms with E-state index in [1.54, 1.807) is 7.05 Å². The summed E-state index contributed by atoms with van der Waals surface area (Å²) in [6.07, 6.45) is 18.1. The van der Waals surface area contributed by atoms with Gasteiger partial charge >= 0.3 is 11.9 Å². The van der Waals surface area contributed by atoms with Gasteiger partial charge in [-0.15, -0.1) is 0 Å². The van der Waals surface area contributed by atoms with E-state index in [1.165, 1.54) is 44.9 Å². The zero-order valence-corrected chi connectivity index (χ0v) is 46.1. The standard InChI is InChI=1S/C53H99N5O18/c1-55-47(52(54)65)19-16-17-23-56-49(61)43-75-40-39-74-37-36-72-35-34-71-33-32-70-30-28-69-27-25-58-50(62)44-76-41-38-73-31-29-68-26-24-57-48(60)22-21-45(53(66)67)42-46(59)18-14-12-10-8-6-4-2-3-5-7-9-11-13-15-20-51(63)64/h45,47,55H,2-44H2,1H3,(H2,54,65)(H,56,61)(H,57,60)(H,58,62)(H,63,64)(H,66,67). The number of primary amides is 1. The minimum atomic E-state index is -1.07. The average Bonchev–Trinajstić information content (AvgIpc) is 3.39. The Bertz CT molecular complexity index is 1450. The first-order chi connectivity index (χ1) is 37.0. The zero-order valence-electron chi connectivity index (χ0n) is 46.1. The highest BCUT2D eigenvalue weighted by atomic mass is 16.6. The molecule has 0 heterocycles. The van der Waals surface area contributed by atoms with E-state index in [9.17, 15) is 38.7 Å². The Kier molecular flexibility index (Phi) is 53.0. The van der Waals surface area contributed by atoms with Crippen LogP contribution in [0.25, 0.3) is 0 Å². The molecule has 0 aromatic rings. The highest BCUT2D eigenvalue weighted by molar-refractivity contribution is 5.84. The average molecular weight is 1090 g/mol. The highest BCUT2D eigenvalue weighted by Crippen LogP contribution is 2.17. The normalized spacial score (nSPS) is 12.1. The molecule has 23 heteroatoms. The van der Waals surface area contributed by atoms with Gasteiger partial charge in [-0.1, -0.05) is 77.0 Å². The topological polar surface area (TPSA) is 317 Å². The summed E-state index contributed by atoms with van der Waals surface area (Å²) in [7, 11) is 1.69. The fraction of sp³-hybridized carbons (Fsp3) is 0.868. The van der Waals surface area contributed by atoms with Gasteiger partial charge in [0, 0.05) is 45.3 Å². The summed E-state index contributed by atoms with van der Waals surface area (Å²) in [5, 5.41) is 29.3. The van der Waals surface area contributed by atoms with E-state index in [-0.39, 0.29) is 107 Å². The second-order valence-corrected chi connectivity index (χ2v) is 18.3. The molecule has 0 saturated heterocycles. The van der Waals surface area contributed by atoms with Crippen molar-refractivity contribution in [2.24, 2.45) is 11.7 Å². The molecule has 444 valence electrons. The Morgan fingerprint density at radius 1 is 0.395 bits per heavy atom. The number of unbranched alkanes of at least 4 members (excludes halogenated alkanes) is 14. The zero-order chi connectivity index (χ0) is 55.8. The van der Waals surface area contributed by atoms with E-state index in [0.29, 0.717) is 105 Å². The van der Waals surface area contributed by atoms with Crippen LogP contribution in [0.5, 0.6) is 0 Å². The lowest BCUT2D eigenvalue weighted by Gasteiger charge is -2.12. The summed E-state index contributed by atoms with van der Waals surface area (Å²) < 4.78 is 48.8. The van der Waals surface area contributed by atoms with Crippen molar-refractivity contribution < 1.29 is 86.4 Å². The largest absolute Gasteiger partial charge is 0.481 e. The Balaban J connectivity index is 3.49. The van der Waals surface area contributed by atoms with Crippen LogP contribution in [-0.4, -0.2) is 203 Å². The molecule has 0 radical (unpaired) electrons. The summed E-state index contributed by atoms with van der Waals surface area (Å²) in [6, 6.07) is -0.357. The SMILES string of the molecule is CNC(CCCCNC(=O)COCCOCCOCCOCCOCCOCCNC(=O)COCCOCCOCCNC(=O)CCC(CC(=O)CCCCCCCCCCCCCCCCC(=O)O)C(=O)O)C(N)=O. The molecule has 0 rings (SSSR count). The van der Waals surface area contributed by atoms with E-state index in [2.05, 4.69) is 21.3 Å². The molecular formula is C53H99N5O18. The van der Waals surface area contributed by atoms with Gasteiger partial charge < -0.3 is 79.8 Å². The summed E-state index contributed by atoms with van der Waals surface area (Å²) in [6.45, 7) is 6.43. The molecule has 0 aromatic heterocycles. The number of aliphatic carboxylic acids is 2. The Morgan fingerprint density at radius 3 is 1.13 bits per heavy atom. The number of carboxylic acids is 2. The summed E-state index contributed by atoms with van der Waals surface area (Å²) in [5.74, 6) is -3.90. The van der Waals surface area contributed by atoms with Gasteiger partial charge in [-0.2, -0.15) is 0 Å². The molecule has 8 N–H and O–H groups in total. The molecule has 23 nitrogen and oxygen atoms in total. The first-order valence-electron chi connectivity index (χ1n) is 27.9. The molecule has 2 unspecified atom stereocenters. The molecule has 0 aliphatic heterocycles. The molecule has 0 fully saturated rings. The van der Waals surface area contributed by atoms with E-state index in [1.807, 2.05) is 0 Å². The maximum atomic E-state index is 12.5. The lowest BCUT2D eigenvalue weighted by molar-refractivity contribution is -0.144. The number of likely N-dealkylation sites (N-methyl/N-ethyl adjacent to an activating group) is 1. The van der Waals surface area contributed by atoms with Crippen LogP contribution in [0.2, 0.25) is 0 Å². The molecule has 4 amide bonds. The van der Waals surface area contributed by atoms with Crippen LogP contribution in [-0.2, 0) is 76.2 Å². The number of nitrogens with one attached hydrogen (secondary N) is 4. The number of rotatable bonds is 61. The van der Waals surface area contributed by atoms with Crippen LogP contribution in [0.1, 0.15) is 141 Å². The number of carbonyl (C=O) groups excluding carboxylic acids is 5. The van der Waals surface area contributed by atoms with Crippen LogP contribution in [0.4, 0.5) is 0 Å². The van der Waals surface area contributed by atoms with Crippen LogP contribution in [0.3, 0.4) is 0 Å². The third-order valence-electron chi connectivity index (χ3n) is 11.8. The van der Waals surface area contributed by atoms with Gasteiger partial charge in [-0.05, 0) is 45.6 Å². The van der Waals surface area contributed by atoms with Crippen molar-refractivity contribution in [2.45, 2.75) is 147 Å². The highest BCUT2D eigenvalue weighted by Gasteiger charge is 2.22. The molecule has 0 aliphatic rings. The van der Waals surface area contributed by atoms with Crippen molar-refractivity contribution >= 4 is 41.4 Å². The molecule has 0 saturated carbocycles. The van der Waals surface area contributed by atoms with E-state index in [0.717, 1.165) is 57.8 Å². The lowest BCUT2D eigenvalue weighted by atomic mass is 9.94. The third kappa shape index (κ3) is 53.5. The predicted molar refractivity (Wildman–Crippen MR) is 284 cm³/mol. The first-order valence-corrected chi connectivity index (χ1v) is 27.9. The fourth-order valence-electron chi connectivity index (χ4n) is 7.43. The Labute approximate surface area is 452 Å². The van der Waals surface area contributed by atoms with Crippen molar-refractivity contribution in [3.05, 3.63) is 0 Å². The van der Waals surface area contributed by atoms with Crippen LogP contribution >= 0.6 is 0 Å². The molecule has 0 spiro atoms. The van der Waals surface area contributed by atoms with Gasteiger partial charge in [-0.3, -0.25) is 33.6 Å². The number of ether oxygens (including phenoxy) is 9. The molecule has 0 bridgehead atoms. The van der Waals surface area contributed by atoms with E-state index < -0.39 is 17.9 Å². The van der Waals surface area contributed by atoms with Crippen molar-refractivity contribution in [3.8, 4) is 0 Å². The number of carbonyl (C=O) groups is 7. The quantitative estimate of drug-likeness (QED) is 0.0429. The molecule has 0 aliphatic carbocycles. The van der Waals surface area contributed by atoms with E-state index >= 15 is 0 Å². The number of carboxylic acid groups (broad SMARTS) is 2. The maximum absolute atomic E-state index is 12.5. The maximum Gasteiger partial charge on any atom is 0.306 e. The lowest BCUT2D eigenvalue weighted by Crippen LogP contribution is -2.39. The predicted octanol–water partition coefficient (Wildman–Crippen LogP) is 3.49. The van der Waals surface area contributed by atoms with Gasteiger partial charge in [0.1, 0.15) is 19.0 Å². The van der Waals surface area contributed by atoms with Gasteiger partial charge in [0.15, 0.2) is 0 Å². The third-order valence-corrected chi connectivity index (χ3v) is 11.8. The smallest absolute Gasteiger partial charge is 0.306 e. The Hall–Kier alpha value is -3.91. The minimum Gasteiger partial charge on any atom is -0.481 e. The summed E-state index contributed by atoms with van der Waals surface area (Å²) >= 11 is 0. The number of hydrogen-bond donors (Lipinski definition) is 7. The first kappa shape index (κ1) is 72.1. The second kappa shape index (κ2) is 55.8. The monoisotopic (exact) mass is 1090 g/mol. The minimum absolute atomic E-state index is 0.0104. The molecule has 76 heavy (non-hydrogen) atoms. The number of Topliss-reactive ketones (excluding diaryl/α,β-unsaturated/α-hetero) is 1.